The molecule has 100 valence electrons. The summed E-state index contributed by atoms with van der Waals surface area (Å²) in [5, 5.41) is 12.8. The van der Waals surface area contributed by atoms with Crippen LogP contribution in [-0.4, -0.2) is 11.1 Å². The summed E-state index contributed by atoms with van der Waals surface area (Å²) in [6.45, 7) is 4.05. The Kier molecular flexibility index (Phi) is 4.12. The Morgan fingerprint density at radius 3 is 2.68 bits per heavy atom. The molecular formula is C14H14ClNO2S. The molecule has 1 aromatic heterocycles. The summed E-state index contributed by atoms with van der Waals surface area (Å²) in [6, 6.07) is 8.99. The van der Waals surface area contributed by atoms with Crippen molar-refractivity contribution in [3.05, 3.63) is 50.7 Å². The van der Waals surface area contributed by atoms with Crippen LogP contribution < -0.4 is 5.32 Å². The summed E-state index contributed by atoms with van der Waals surface area (Å²) >= 11 is 7.53. The molecule has 1 heterocycles. The standard InChI is InChI=1S/C14H14ClNO2S/c1-8-3-6-13(19-8)9(2)16-12-5-4-10(15)7-11(12)14(17)18/h3-7,9,16H,1-2H3,(H,17,18). The molecule has 0 bridgehead atoms. The number of hydrogen-bond acceptors (Lipinski definition) is 3. The number of benzene rings is 1. The van der Waals surface area contributed by atoms with Crippen LogP contribution in [0.15, 0.2) is 30.3 Å². The van der Waals surface area contributed by atoms with E-state index in [2.05, 4.69) is 11.4 Å². The number of carbonyl (C=O) groups is 1. The molecule has 0 saturated carbocycles. The average molecular weight is 296 g/mol. The van der Waals surface area contributed by atoms with Crippen molar-refractivity contribution in [1.82, 2.24) is 0 Å². The number of aromatic carboxylic acids is 1. The van der Waals surface area contributed by atoms with E-state index in [1.165, 1.54) is 15.8 Å². The van der Waals surface area contributed by atoms with Crippen molar-refractivity contribution < 1.29 is 9.90 Å². The molecule has 1 atom stereocenters. The first-order valence-corrected chi connectivity index (χ1v) is 7.02. The van der Waals surface area contributed by atoms with Crippen LogP contribution in [0, 0.1) is 6.92 Å². The zero-order valence-electron chi connectivity index (χ0n) is 10.6. The van der Waals surface area contributed by atoms with Gasteiger partial charge >= 0.3 is 5.97 Å². The molecular weight excluding hydrogens is 282 g/mol. The highest BCUT2D eigenvalue weighted by Crippen LogP contribution is 2.28. The van der Waals surface area contributed by atoms with Crippen LogP contribution in [0.3, 0.4) is 0 Å². The summed E-state index contributed by atoms with van der Waals surface area (Å²) < 4.78 is 0. The summed E-state index contributed by atoms with van der Waals surface area (Å²) in [4.78, 5) is 13.6. The average Bonchev–Trinajstić information content (AvgIpc) is 2.78. The Labute approximate surface area is 120 Å². The molecule has 2 rings (SSSR count). The molecule has 0 fully saturated rings. The lowest BCUT2D eigenvalue weighted by molar-refractivity contribution is 0.0698. The summed E-state index contributed by atoms with van der Waals surface area (Å²) in [5.74, 6) is -0.987. The van der Waals surface area contributed by atoms with Gasteiger partial charge in [0, 0.05) is 20.5 Å². The molecule has 19 heavy (non-hydrogen) atoms. The molecule has 5 heteroatoms. The lowest BCUT2D eigenvalue weighted by Crippen LogP contribution is -2.09. The maximum Gasteiger partial charge on any atom is 0.337 e. The van der Waals surface area contributed by atoms with Crippen LogP contribution in [0.5, 0.6) is 0 Å². The van der Waals surface area contributed by atoms with Gasteiger partial charge in [0.25, 0.3) is 0 Å². The quantitative estimate of drug-likeness (QED) is 0.868. The molecule has 0 aliphatic carbocycles. The number of nitrogens with one attached hydrogen (secondary N) is 1. The third-order valence-corrected chi connectivity index (χ3v) is 4.19. The van der Waals surface area contributed by atoms with Gasteiger partial charge in [0.15, 0.2) is 0 Å². The molecule has 0 aliphatic rings. The number of carboxylic acids is 1. The number of aryl methyl sites for hydroxylation is 1. The fourth-order valence-corrected chi connectivity index (χ4v) is 2.86. The number of rotatable bonds is 4. The van der Waals surface area contributed by atoms with Crippen LogP contribution in [-0.2, 0) is 0 Å². The highest BCUT2D eigenvalue weighted by Gasteiger charge is 2.14. The van der Waals surface area contributed by atoms with Crippen LogP contribution in [0.1, 0.15) is 33.1 Å². The fourth-order valence-electron chi connectivity index (χ4n) is 1.81. The maximum absolute atomic E-state index is 11.2. The first-order chi connectivity index (χ1) is 8.97. The van der Waals surface area contributed by atoms with Crippen LogP contribution in [0.2, 0.25) is 5.02 Å². The van der Waals surface area contributed by atoms with Gasteiger partial charge in [-0.3, -0.25) is 0 Å². The number of halogens is 1. The van der Waals surface area contributed by atoms with E-state index in [-0.39, 0.29) is 11.6 Å². The van der Waals surface area contributed by atoms with Gasteiger partial charge in [0.2, 0.25) is 0 Å². The van der Waals surface area contributed by atoms with Crippen molar-refractivity contribution in [1.29, 1.82) is 0 Å². The van der Waals surface area contributed by atoms with E-state index >= 15 is 0 Å². The number of anilines is 1. The third-order valence-electron chi connectivity index (χ3n) is 2.77. The Morgan fingerprint density at radius 1 is 1.37 bits per heavy atom. The van der Waals surface area contributed by atoms with Gasteiger partial charge in [0.1, 0.15) is 0 Å². The van der Waals surface area contributed by atoms with Gasteiger partial charge in [-0.15, -0.1) is 11.3 Å². The van der Waals surface area contributed by atoms with E-state index in [0.29, 0.717) is 10.7 Å². The first kappa shape index (κ1) is 13.9. The van der Waals surface area contributed by atoms with Crippen LogP contribution >= 0.6 is 22.9 Å². The van der Waals surface area contributed by atoms with E-state index < -0.39 is 5.97 Å². The minimum absolute atomic E-state index is 0.0537. The number of thiophene rings is 1. The normalized spacial score (nSPS) is 12.2. The molecule has 0 amide bonds. The molecule has 0 spiro atoms. The Bertz CT molecular complexity index is 609. The minimum Gasteiger partial charge on any atom is -0.478 e. The molecule has 0 radical (unpaired) electrons. The lowest BCUT2D eigenvalue weighted by Gasteiger charge is -2.15. The second kappa shape index (κ2) is 5.63. The van der Waals surface area contributed by atoms with E-state index in [4.69, 9.17) is 11.6 Å². The van der Waals surface area contributed by atoms with Crippen molar-refractivity contribution >= 4 is 34.6 Å². The second-order valence-corrected chi connectivity index (χ2v) is 6.07. The molecule has 2 N–H and O–H groups in total. The van der Waals surface area contributed by atoms with Gasteiger partial charge in [-0.05, 0) is 44.2 Å². The molecule has 2 aromatic rings. The van der Waals surface area contributed by atoms with Crippen LogP contribution in [0.4, 0.5) is 5.69 Å². The maximum atomic E-state index is 11.2. The van der Waals surface area contributed by atoms with E-state index in [1.54, 1.807) is 23.5 Å². The highest BCUT2D eigenvalue weighted by atomic mass is 35.5. The predicted octanol–water partition coefficient (Wildman–Crippen LogP) is 4.58. The van der Waals surface area contributed by atoms with E-state index in [1.807, 2.05) is 19.9 Å². The van der Waals surface area contributed by atoms with Gasteiger partial charge in [-0.2, -0.15) is 0 Å². The Balaban J connectivity index is 2.26. The fraction of sp³-hybridized carbons (Fsp3) is 0.214. The smallest absolute Gasteiger partial charge is 0.337 e. The Hall–Kier alpha value is -1.52. The minimum atomic E-state index is -0.987. The first-order valence-electron chi connectivity index (χ1n) is 5.83. The zero-order valence-corrected chi connectivity index (χ0v) is 12.2. The lowest BCUT2D eigenvalue weighted by atomic mass is 10.1. The van der Waals surface area contributed by atoms with Gasteiger partial charge in [-0.1, -0.05) is 11.6 Å². The van der Waals surface area contributed by atoms with E-state index in [9.17, 15) is 9.90 Å². The highest BCUT2D eigenvalue weighted by molar-refractivity contribution is 7.12. The number of carboxylic acid groups (broad SMARTS) is 1. The van der Waals surface area contributed by atoms with Gasteiger partial charge in [-0.25, -0.2) is 4.79 Å². The predicted molar refractivity (Wildman–Crippen MR) is 79.5 cm³/mol. The van der Waals surface area contributed by atoms with Gasteiger partial charge in [0.05, 0.1) is 11.6 Å². The van der Waals surface area contributed by atoms with Crippen LogP contribution in [0.25, 0.3) is 0 Å². The topological polar surface area (TPSA) is 49.3 Å². The molecule has 1 aromatic carbocycles. The van der Waals surface area contributed by atoms with Crippen molar-refractivity contribution in [2.75, 3.05) is 5.32 Å². The SMILES string of the molecule is Cc1ccc(C(C)Nc2ccc(Cl)cc2C(=O)O)s1. The van der Waals surface area contributed by atoms with Crippen molar-refractivity contribution in [2.24, 2.45) is 0 Å². The third kappa shape index (κ3) is 3.28. The molecule has 0 saturated heterocycles. The van der Waals surface area contributed by atoms with E-state index in [0.717, 1.165) is 0 Å². The Morgan fingerprint density at radius 2 is 2.11 bits per heavy atom. The van der Waals surface area contributed by atoms with Gasteiger partial charge < -0.3 is 10.4 Å². The zero-order chi connectivity index (χ0) is 14.0. The monoisotopic (exact) mass is 295 g/mol. The largest absolute Gasteiger partial charge is 0.478 e. The molecule has 1 unspecified atom stereocenters. The summed E-state index contributed by atoms with van der Waals surface area (Å²) in [5.41, 5.74) is 0.767. The summed E-state index contributed by atoms with van der Waals surface area (Å²) in [6.07, 6.45) is 0. The number of hydrogen-bond donors (Lipinski definition) is 2. The molecule has 0 aliphatic heterocycles. The van der Waals surface area contributed by atoms with Crippen molar-refractivity contribution in [3.63, 3.8) is 0 Å². The molecule has 3 nitrogen and oxygen atoms in total. The van der Waals surface area contributed by atoms with Crippen molar-refractivity contribution in [2.45, 2.75) is 19.9 Å². The van der Waals surface area contributed by atoms with Crippen molar-refractivity contribution in [3.8, 4) is 0 Å². The second-order valence-electron chi connectivity index (χ2n) is 4.31. The summed E-state index contributed by atoms with van der Waals surface area (Å²) in [7, 11) is 0.